The minimum absolute atomic E-state index is 0. The number of unbranched alkanes of at least 4 members (excludes halogenated alkanes) is 5. The van der Waals surface area contributed by atoms with Gasteiger partial charge in [0, 0.05) is 10.2 Å². The van der Waals surface area contributed by atoms with Crippen LogP contribution >= 0.6 is 24.8 Å². The molecule has 0 saturated heterocycles. The summed E-state index contributed by atoms with van der Waals surface area (Å²) in [5.74, 6) is 0. The zero-order valence-corrected chi connectivity index (χ0v) is 28.9. The fourth-order valence-electron chi connectivity index (χ4n) is 4.59. The molecule has 0 aliphatic carbocycles. The molecule has 4 heteroatoms. The van der Waals surface area contributed by atoms with E-state index in [0.29, 0.717) is 0 Å². The first-order chi connectivity index (χ1) is 17.8. The Labute approximate surface area is 270 Å². The molecule has 0 amide bonds. The minimum atomic E-state index is 0. The first kappa shape index (κ1) is 37.3. The molecule has 6 aromatic carbocycles. The zero-order valence-electron chi connectivity index (χ0n) is 23.4. The summed E-state index contributed by atoms with van der Waals surface area (Å²) in [4.78, 5) is 0. The van der Waals surface area contributed by atoms with E-state index >= 15 is 0 Å². The number of halogens is 2. The number of rotatable bonds is 5. The normalized spacial score (nSPS) is 9.54. The Bertz CT molecular complexity index is 1240. The summed E-state index contributed by atoms with van der Waals surface area (Å²) in [5.41, 5.74) is 0. The molecule has 0 spiro atoms. The van der Waals surface area contributed by atoms with Gasteiger partial charge in [0.1, 0.15) is 0 Å². The number of fused-ring (bicyclic) bond motifs is 6. The molecule has 6 aromatic rings. The summed E-state index contributed by atoms with van der Waals surface area (Å²) in [6.45, 7) is 8.05. The van der Waals surface area contributed by atoms with Crippen molar-refractivity contribution in [2.75, 3.05) is 0 Å². The van der Waals surface area contributed by atoms with Gasteiger partial charge in [-0.15, -0.1) is 104 Å². The molecular weight excluding hydrogens is 611 g/mol. The molecule has 39 heavy (non-hydrogen) atoms. The van der Waals surface area contributed by atoms with Gasteiger partial charge in [0.25, 0.3) is 0 Å². The van der Waals surface area contributed by atoms with Gasteiger partial charge < -0.3 is 6.92 Å². The molecule has 6 rings (SSSR count). The summed E-state index contributed by atoms with van der Waals surface area (Å²) in [7, 11) is 1.86. The van der Waals surface area contributed by atoms with Crippen LogP contribution in [0.1, 0.15) is 45.4 Å². The number of hydrogen-bond acceptors (Lipinski definition) is 0. The van der Waals surface area contributed by atoms with E-state index in [1.54, 1.807) is 0 Å². The van der Waals surface area contributed by atoms with E-state index in [1.807, 2.05) is 16.8 Å². The maximum absolute atomic E-state index is 3.78. The van der Waals surface area contributed by atoms with E-state index in [0.717, 1.165) is 6.42 Å². The fraction of sp³-hybridized carbons (Fsp3) is 0.229. The minimum Gasteiger partial charge on any atom is -0.343 e. The van der Waals surface area contributed by atoms with Gasteiger partial charge in [-0.25, -0.2) is 0 Å². The van der Waals surface area contributed by atoms with Crippen molar-refractivity contribution in [3.63, 3.8) is 0 Å². The third-order valence-electron chi connectivity index (χ3n) is 6.40. The van der Waals surface area contributed by atoms with Crippen molar-refractivity contribution in [3.8, 4) is 0 Å². The van der Waals surface area contributed by atoms with E-state index in [-0.39, 0.29) is 51.0 Å². The van der Waals surface area contributed by atoms with Crippen molar-refractivity contribution in [2.24, 2.45) is 0 Å². The molecule has 204 valence electrons. The summed E-state index contributed by atoms with van der Waals surface area (Å²) in [6.07, 6.45) is 7.98. The maximum Gasteiger partial charge on any atom is 3.00 e. The van der Waals surface area contributed by atoms with Gasteiger partial charge >= 0.3 is 26.2 Å². The van der Waals surface area contributed by atoms with Crippen LogP contribution in [0.4, 0.5) is 0 Å². The van der Waals surface area contributed by atoms with Crippen LogP contribution in [0.3, 0.4) is 0 Å². The van der Waals surface area contributed by atoms with E-state index in [2.05, 4.69) is 123 Å². The molecular formula is C35H42Cl2SiZr. The third kappa shape index (κ3) is 10.7. The van der Waals surface area contributed by atoms with Crippen LogP contribution in [-0.2, 0) is 26.2 Å². The second-order valence-electron chi connectivity index (χ2n) is 8.91. The Balaban J connectivity index is 0.000000535. The largest absolute Gasteiger partial charge is 3.00 e. The van der Waals surface area contributed by atoms with Gasteiger partial charge in [-0.2, -0.15) is 6.42 Å². The molecule has 0 aromatic heterocycles. The Morgan fingerprint density at radius 2 is 0.795 bits per heavy atom. The van der Waals surface area contributed by atoms with Crippen LogP contribution in [-0.4, -0.2) is 10.2 Å². The average molecular weight is 653 g/mol. The van der Waals surface area contributed by atoms with Gasteiger partial charge in [-0.3, -0.25) is 0 Å². The Morgan fingerprint density at radius 1 is 0.513 bits per heavy atom. The van der Waals surface area contributed by atoms with Crippen LogP contribution in [0.25, 0.3) is 43.1 Å². The van der Waals surface area contributed by atoms with Crippen molar-refractivity contribution in [3.05, 3.63) is 116 Å². The van der Waals surface area contributed by atoms with E-state index < -0.39 is 0 Å². The van der Waals surface area contributed by atoms with Crippen molar-refractivity contribution >= 4 is 78.1 Å². The molecule has 0 aliphatic heterocycles. The molecule has 2 radical (unpaired) electrons. The number of hydrogen-bond donors (Lipinski definition) is 0. The predicted octanol–water partition coefficient (Wildman–Crippen LogP) is 11.1. The van der Waals surface area contributed by atoms with E-state index in [1.165, 1.54) is 75.2 Å². The molecule has 0 saturated carbocycles. The first-order valence-corrected chi connectivity index (χ1v) is 14.8. The summed E-state index contributed by atoms with van der Waals surface area (Å²) in [5, 5.41) is 10.8. The summed E-state index contributed by atoms with van der Waals surface area (Å²) in [6, 6.07) is 38.5. The smallest absolute Gasteiger partial charge is 0.343 e. The standard InChI is InChI=1S/2C13H9.C8H17.CH5Si.2ClH.Zr/c2*1-3-7-12-10(5-1)9-11-6-2-4-8-13(11)12;1-3-5-7-8-6-4-2;1-2;;;/h2*1-9H;1,3-8H2,2H3;2H2,1H3;2*1H;/q3*-1;;;;+3. The molecule has 0 N–H and O–H groups in total. The molecule has 0 heterocycles. The second kappa shape index (κ2) is 21.1. The quantitative estimate of drug-likeness (QED) is 0.0988. The topological polar surface area (TPSA) is 0 Å². The van der Waals surface area contributed by atoms with Crippen molar-refractivity contribution in [1.82, 2.24) is 0 Å². The Morgan fingerprint density at radius 3 is 1.08 bits per heavy atom. The Hall–Kier alpha value is -1.70. The van der Waals surface area contributed by atoms with Crippen LogP contribution in [0, 0.1) is 6.92 Å². The predicted molar refractivity (Wildman–Crippen MR) is 182 cm³/mol. The SMILES string of the molecule is C[SiH2].Cl.Cl.[CH2-]CCCCCCC.[Zr+3].c1ccc2c(c1)[cH-]c1ccccc12.c1ccc2c(c1)[cH-]c1ccccc12. The molecule has 0 atom stereocenters. The van der Waals surface area contributed by atoms with Crippen molar-refractivity contribution < 1.29 is 26.2 Å². The van der Waals surface area contributed by atoms with Crippen LogP contribution in [0.15, 0.2) is 109 Å². The van der Waals surface area contributed by atoms with Gasteiger partial charge in [-0.1, -0.05) is 118 Å². The Kier molecular flexibility index (Phi) is 20.2. The third-order valence-corrected chi connectivity index (χ3v) is 6.40. The second-order valence-corrected chi connectivity index (χ2v) is 8.91. The van der Waals surface area contributed by atoms with E-state index in [4.69, 9.17) is 0 Å². The van der Waals surface area contributed by atoms with Crippen LogP contribution in [0.5, 0.6) is 0 Å². The molecule has 0 fully saturated rings. The van der Waals surface area contributed by atoms with E-state index in [9.17, 15) is 0 Å². The van der Waals surface area contributed by atoms with Crippen molar-refractivity contribution in [1.29, 1.82) is 0 Å². The van der Waals surface area contributed by atoms with Gasteiger partial charge in [-0.05, 0) is 0 Å². The van der Waals surface area contributed by atoms with Crippen LogP contribution < -0.4 is 0 Å². The molecule has 0 unspecified atom stereocenters. The van der Waals surface area contributed by atoms with Crippen molar-refractivity contribution in [2.45, 2.75) is 52.0 Å². The average Bonchev–Trinajstić information content (AvgIpc) is 3.52. The fourth-order valence-corrected chi connectivity index (χ4v) is 4.59. The molecule has 0 nitrogen and oxygen atoms in total. The van der Waals surface area contributed by atoms with Gasteiger partial charge in [0.2, 0.25) is 0 Å². The van der Waals surface area contributed by atoms with Crippen LogP contribution in [0.2, 0.25) is 6.55 Å². The van der Waals surface area contributed by atoms with Gasteiger partial charge in [0.15, 0.2) is 0 Å². The molecule has 0 aliphatic rings. The zero-order chi connectivity index (χ0) is 25.6. The molecule has 0 bridgehead atoms. The number of benzene rings is 4. The maximum atomic E-state index is 3.78. The first-order valence-electron chi connectivity index (χ1n) is 13.4. The summed E-state index contributed by atoms with van der Waals surface area (Å²) >= 11 is 0. The van der Waals surface area contributed by atoms with Gasteiger partial charge in [0.05, 0.1) is 0 Å². The summed E-state index contributed by atoms with van der Waals surface area (Å²) < 4.78 is 0. The monoisotopic (exact) mass is 650 g/mol.